The van der Waals surface area contributed by atoms with Crippen LogP contribution in [0.25, 0.3) is 0 Å². The van der Waals surface area contributed by atoms with E-state index in [4.69, 9.17) is 9.47 Å². The number of hydrogen-bond acceptors (Lipinski definition) is 5. The third-order valence-corrected chi connectivity index (χ3v) is 5.86. The second-order valence-corrected chi connectivity index (χ2v) is 7.93. The van der Waals surface area contributed by atoms with Crippen molar-refractivity contribution < 1.29 is 19.1 Å². The fourth-order valence-corrected chi connectivity index (χ4v) is 4.22. The Labute approximate surface area is 175 Å². The van der Waals surface area contributed by atoms with Gasteiger partial charge in [0.05, 0.1) is 6.07 Å². The fraction of sp³-hybridized carbons (Fsp3) is 0.375. The Bertz CT molecular complexity index is 959. The van der Waals surface area contributed by atoms with Gasteiger partial charge in [0.25, 0.3) is 5.91 Å². The third-order valence-electron chi connectivity index (χ3n) is 5.86. The van der Waals surface area contributed by atoms with Crippen LogP contribution in [0.15, 0.2) is 48.5 Å². The number of nitrogens with zero attached hydrogens (tertiary/aromatic N) is 1. The average Bonchev–Trinajstić information content (AvgIpc) is 2.77. The van der Waals surface area contributed by atoms with E-state index in [-0.39, 0.29) is 0 Å². The molecule has 0 saturated heterocycles. The number of amides is 1. The number of carbonyl (C=O) groups is 2. The van der Waals surface area contributed by atoms with Crippen LogP contribution >= 0.6 is 0 Å². The van der Waals surface area contributed by atoms with Crippen LogP contribution < -0.4 is 10.1 Å². The average molecular weight is 404 g/mol. The first-order valence-electron chi connectivity index (χ1n) is 10.3. The topological polar surface area (TPSA) is 88.4 Å². The molecule has 1 saturated carbocycles. The van der Waals surface area contributed by atoms with E-state index in [9.17, 15) is 14.9 Å². The lowest BCUT2D eigenvalue weighted by atomic mass is 9.82. The second kappa shape index (κ2) is 8.19. The highest BCUT2D eigenvalue weighted by Crippen LogP contribution is 2.44. The highest BCUT2D eigenvalue weighted by molar-refractivity contribution is 5.89. The van der Waals surface area contributed by atoms with Crippen LogP contribution in [0.3, 0.4) is 0 Å². The van der Waals surface area contributed by atoms with Crippen LogP contribution in [0.2, 0.25) is 0 Å². The van der Waals surface area contributed by atoms with Gasteiger partial charge in [0.2, 0.25) is 0 Å². The van der Waals surface area contributed by atoms with E-state index in [1.54, 1.807) is 12.1 Å². The van der Waals surface area contributed by atoms with E-state index < -0.39 is 29.4 Å². The molecule has 154 valence electrons. The predicted molar refractivity (Wildman–Crippen MR) is 110 cm³/mol. The minimum absolute atomic E-state index is 0.444. The molecule has 0 bridgehead atoms. The minimum Gasteiger partial charge on any atom is -0.457 e. The molecule has 0 radical (unpaired) electrons. The summed E-state index contributed by atoms with van der Waals surface area (Å²) in [6.45, 7) is 1.54. The molecule has 1 fully saturated rings. The van der Waals surface area contributed by atoms with Crippen LogP contribution in [0.1, 0.15) is 56.1 Å². The lowest BCUT2D eigenvalue weighted by molar-refractivity contribution is -0.156. The largest absolute Gasteiger partial charge is 0.457 e. The first-order chi connectivity index (χ1) is 14.5. The van der Waals surface area contributed by atoms with Gasteiger partial charge in [-0.3, -0.25) is 9.59 Å². The van der Waals surface area contributed by atoms with Crippen LogP contribution in [0, 0.1) is 11.3 Å². The Kier molecular flexibility index (Phi) is 5.45. The molecule has 1 amide bonds. The van der Waals surface area contributed by atoms with E-state index in [2.05, 4.69) is 11.4 Å². The summed E-state index contributed by atoms with van der Waals surface area (Å²) in [6, 6.07) is 16.9. The van der Waals surface area contributed by atoms with Gasteiger partial charge in [0.15, 0.2) is 6.10 Å². The van der Waals surface area contributed by atoms with Crippen LogP contribution in [-0.2, 0) is 14.3 Å². The normalized spacial score (nSPS) is 18.0. The Hall–Kier alpha value is -3.33. The van der Waals surface area contributed by atoms with Crippen molar-refractivity contribution >= 4 is 11.9 Å². The van der Waals surface area contributed by atoms with Crippen molar-refractivity contribution in [2.45, 2.75) is 56.6 Å². The molecule has 6 heteroatoms. The molecule has 1 atom stereocenters. The summed E-state index contributed by atoms with van der Waals surface area (Å²) < 4.78 is 11.5. The molecule has 2 aromatic rings. The Balaban J connectivity index is 1.53. The predicted octanol–water partition coefficient (Wildman–Crippen LogP) is 4.20. The van der Waals surface area contributed by atoms with Crippen molar-refractivity contribution in [1.82, 2.24) is 5.32 Å². The molecule has 4 rings (SSSR count). The van der Waals surface area contributed by atoms with Gasteiger partial charge >= 0.3 is 5.97 Å². The maximum absolute atomic E-state index is 13.2. The molecular weight excluding hydrogens is 380 g/mol. The van der Waals surface area contributed by atoms with Crippen molar-refractivity contribution in [3.63, 3.8) is 0 Å². The summed E-state index contributed by atoms with van der Waals surface area (Å²) in [4.78, 5) is 25.9. The molecule has 1 aliphatic heterocycles. The summed E-state index contributed by atoms with van der Waals surface area (Å²) in [5.41, 5.74) is 0.539. The van der Waals surface area contributed by atoms with Crippen molar-refractivity contribution in [3.8, 4) is 17.6 Å². The number of carbonyl (C=O) groups excluding carboxylic acids is 2. The fourth-order valence-electron chi connectivity index (χ4n) is 4.22. The Morgan fingerprint density at radius 3 is 2.20 bits per heavy atom. The Morgan fingerprint density at radius 1 is 1.07 bits per heavy atom. The van der Waals surface area contributed by atoms with Gasteiger partial charge in [0.1, 0.15) is 23.0 Å². The quantitative estimate of drug-likeness (QED) is 0.772. The van der Waals surface area contributed by atoms with Gasteiger partial charge in [0, 0.05) is 11.1 Å². The molecule has 1 N–H and O–H groups in total. The number of fused-ring (bicyclic) bond motifs is 2. The number of esters is 1. The van der Waals surface area contributed by atoms with Gasteiger partial charge in [-0.05, 0) is 31.9 Å². The summed E-state index contributed by atoms with van der Waals surface area (Å²) in [6.07, 6.45) is 3.10. The van der Waals surface area contributed by atoms with E-state index in [0.29, 0.717) is 35.5 Å². The maximum Gasteiger partial charge on any atom is 0.318 e. The molecule has 2 aromatic carbocycles. The summed E-state index contributed by atoms with van der Waals surface area (Å²) in [7, 11) is 0. The third kappa shape index (κ3) is 3.76. The van der Waals surface area contributed by atoms with Crippen LogP contribution in [0.4, 0.5) is 0 Å². The van der Waals surface area contributed by atoms with Gasteiger partial charge in [-0.25, -0.2) is 0 Å². The molecule has 0 aromatic heterocycles. The van der Waals surface area contributed by atoms with Crippen LogP contribution in [0.5, 0.6) is 11.5 Å². The van der Waals surface area contributed by atoms with Gasteiger partial charge in [-0.1, -0.05) is 55.7 Å². The van der Waals surface area contributed by atoms with Gasteiger partial charge in [-0.2, -0.15) is 5.26 Å². The summed E-state index contributed by atoms with van der Waals surface area (Å²) in [5.74, 6) is -0.446. The first kappa shape index (κ1) is 20.0. The SMILES string of the molecule is C[C@@H](OC(=O)C1c2ccccc2Oc2ccccc21)C(=O)NC1(C#N)CCCCC1. The number of hydrogen-bond donors (Lipinski definition) is 1. The zero-order chi connectivity index (χ0) is 21.1. The highest BCUT2D eigenvalue weighted by Gasteiger charge is 2.38. The number of para-hydroxylation sites is 2. The lowest BCUT2D eigenvalue weighted by Gasteiger charge is -2.32. The summed E-state index contributed by atoms with van der Waals surface area (Å²) >= 11 is 0. The Morgan fingerprint density at radius 2 is 1.63 bits per heavy atom. The molecular formula is C24H24N2O4. The number of nitriles is 1. The zero-order valence-corrected chi connectivity index (χ0v) is 16.9. The van der Waals surface area contributed by atoms with E-state index in [1.807, 2.05) is 36.4 Å². The zero-order valence-electron chi connectivity index (χ0n) is 16.9. The maximum atomic E-state index is 13.2. The molecule has 1 heterocycles. The monoisotopic (exact) mass is 404 g/mol. The second-order valence-electron chi connectivity index (χ2n) is 7.93. The molecule has 0 spiro atoms. The number of benzene rings is 2. The molecule has 2 aliphatic rings. The van der Waals surface area contributed by atoms with Crippen molar-refractivity contribution in [1.29, 1.82) is 5.26 Å². The van der Waals surface area contributed by atoms with Crippen molar-refractivity contribution in [2.75, 3.05) is 0 Å². The standard InChI is InChI=1S/C24H24N2O4/c1-16(22(27)26-24(15-25)13-7-2-8-14-24)29-23(28)21-17-9-3-5-11-19(17)30-20-12-6-4-10-18(20)21/h3-6,9-12,16,21H,2,7-8,13-14H2,1H3,(H,26,27)/t16-/m1/s1. The van der Waals surface area contributed by atoms with Crippen molar-refractivity contribution in [3.05, 3.63) is 59.7 Å². The smallest absolute Gasteiger partial charge is 0.318 e. The van der Waals surface area contributed by atoms with E-state index >= 15 is 0 Å². The van der Waals surface area contributed by atoms with Gasteiger partial charge in [-0.15, -0.1) is 0 Å². The highest BCUT2D eigenvalue weighted by atomic mass is 16.5. The summed E-state index contributed by atoms with van der Waals surface area (Å²) in [5, 5.41) is 12.4. The minimum atomic E-state index is -1.01. The number of rotatable bonds is 4. The van der Waals surface area contributed by atoms with Crippen molar-refractivity contribution in [2.24, 2.45) is 0 Å². The van der Waals surface area contributed by atoms with E-state index in [0.717, 1.165) is 19.3 Å². The molecule has 30 heavy (non-hydrogen) atoms. The van der Waals surface area contributed by atoms with Gasteiger partial charge < -0.3 is 14.8 Å². The first-order valence-corrected chi connectivity index (χ1v) is 10.3. The van der Waals surface area contributed by atoms with Crippen LogP contribution in [-0.4, -0.2) is 23.5 Å². The molecule has 6 nitrogen and oxygen atoms in total. The molecule has 1 aliphatic carbocycles. The number of nitrogens with one attached hydrogen (secondary N) is 1. The number of ether oxygens (including phenoxy) is 2. The lowest BCUT2D eigenvalue weighted by Crippen LogP contribution is -2.52. The molecule has 0 unspecified atom stereocenters. The van der Waals surface area contributed by atoms with E-state index in [1.165, 1.54) is 6.92 Å².